The molecule has 1 amide bonds. The number of carboxylic acid groups (broad SMARTS) is 1. The van der Waals surface area contributed by atoms with Crippen LogP contribution in [0.5, 0.6) is 0 Å². The van der Waals surface area contributed by atoms with Gasteiger partial charge in [-0.05, 0) is 37.8 Å². The number of aromatic nitrogens is 5. The van der Waals surface area contributed by atoms with Gasteiger partial charge < -0.3 is 24.6 Å². The summed E-state index contributed by atoms with van der Waals surface area (Å²) >= 11 is 6.84. The van der Waals surface area contributed by atoms with Crippen LogP contribution in [0.15, 0.2) is 24.7 Å². The fraction of sp³-hybridized carbons (Fsp3) is 0.500. The lowest BCUT2D eigenvalue weighted by Crippen LogP contribution is -2.50. The van der Waals surface area contributed by atoms with Gasteiger partial charge in [0, 0.05) is 68.8 Å². The van der Waals surface area contributed by atoms with E-state index in [1.54, 1.807) is 24.1 Å². The second-order valence-corrected chi connectivity index (χ2v) is 18.5. The molecule has 2 aliphatic heterocycles. The molecular weight excluding hydrogens is 565 g/mol. The van der Waals surface area contributed by atoms with Gasteiger partial charge in [0.25, 0.3) is 0 Å². The quantitative estimate of drug-likeness (QED) is 0.193. The van der Waals surface area contributed by atoms with Crippen molar-refractivity contribution < 1.29 is 19.0 Å². The summed E-state index contributed by atoms with van der Waals surface area (Å²) in [5.74, 6) is 0.304. The first-order valence-electron chi connectivity index (χ1n) is 14.0. The van der Waals surface area contributed by atoms with Crippen LogP contribution in [0.1, 0.15) is 25.7 Å². The number of benzene rings is 1. The topological polar surface area (TPSA) is 110 Å². The number of hydrogen-bond donors (Lipinski definition) is 2. The van der Waals surface area contributed by atoms with Gasteiger partial charge in [-0.15, -0.1) is 0 Å². The second kappa shape index (κ2) is 10.6. The maximum absolute atomic E-state index is 15.2. The highest BCUT2D eigenvalue weighted by Gasteiger charge is 2.42. The Kier molecular flexibility index (Phi) is 7.19. The number of anilines is 1. The Labute approximate surface area is 243 Å². The predicted molar refractivity (Wildman–Crippen MR) is 160 cm³/mol. The SMILES string of the molecule is Cn1cc2c(Cl)c(-c3cn(COCC[Si](C)(C)C)c4nc(N5[C@@H]6CC[C@H]5C[C@@H](NC(=O)O)C6)cnc34)cc(F)c2n1. The molecule has 2 bridgehead atoms. The molecule has 3 atom stereocenters. The van der Waals surface area contributed by atoms with Gasteiger partial charge in [0.2, 0.25) is 0 Å². The molecule has 6 rings (SSSR count). The van der Waals surface area contributed by atoms with E-state index in [0.29, 0.717) is 39.3 Å². The van der Waals surface area contributed by atoms with Gasteiger partial charge >= 0.3 is 6.09 Å². The Hall–Kier alpha value is -3.22. The van der Waals surface area contributed by atoms with Gasteiger partial charge in [-0.3, -0.25) is 4.68 Å². The van der Waals surface area contributed by atoms with Crippen LogP contribution in [-0.2, 0) is 18.5 Å². The molecule has 0 radical (unpaired) electrons. The van der Waals surface area contributed by atoms with E-state index in [9.17, 15) is 9.90 Å². The van der Waals surface area contributed by atoms with Gasteiger partial charge in [0.1, 0.15) is 23.6 Å². The summed E-state index contributed by atoms with van der Waals surface area (Å²) in [6.45, 7) is 7.86. The first-order valence-corrected chi connectivity index (χ1v) is 18.1. The van der Waals surface area contributed by atoms with Crippen LogP contribution in [0.4, 0.5) is 15.0 Å². The molecule has 0 spiro atoms. The van der Waals surface area contributed by atoms with Crippen LogP contribution in [-0.4, -0.2) is 68.3 Å². The number of nitrogens with one attached hydrogen (secondary N) is 1. The molecule has 41 heavy (non-hydrogen) atoms. The lowest BCUT2D eigenvalue weighted by molar-refractivity contribution is 0.0899. The Balaban J connectivity index is 1.39. The number of fused-ring (bicyclic) bond motifs is 4. The minimum absolute atomic E-state index is 0.0624. The third-order valence-electron chi connectivity index (χ3n) is 8.19. The summed E-state index contributed by atoms with van der Waals surface area (Å²) in [7, 11) is 0.468. The van der Waals surface area contributed by atoms with Gasteiger partial charge in [0.05, 0.1) is 11.2 Å². The van der Waals surface area contributed by atoms with Crippen LogP contribution in [0.2, 0.25) is 30.7 Å². The van der Waals surface area contributed by atoms with E-state index < -0.39 is 20.0 Å². The molecule has 2 N–H and O–H groups in total. The number of rotatable bonds is 8. The fourth-order valence-electron chi connectivity index (χ4n) is 6.27. The molecule has 2 fully saturated rings. The predicted octanol–water partition coefficient (Wildman–Crippen LogP) is 5.86. The standard InChI is InChI=1S/C28H35ClFN7O3Si/c1-35-13-21-24(29)19(11-22(30)25(21)34-35)20-14-36(15-40-7-8-41(2,3)4)27-26(20)31-12-23(33-27)37-17-5-6-18(37)10-16(9-17)32-28(38)39/h11-14,16-18,32H,5-10,15H2,1-4H3,(H,38,39)/t16-,17+,18-. The lowest BCUT2D eigenvalue weighted by Gasteiger charge is -2.39. The molecule has 0 saturated carbocycles. The van der Waals surface area contributed by atoms with Crippen LogP contribution in [0.25, 0.3) is 33.2 Å². The number of carbonyl (C=O) groups is 1. The molecule has 2 saturated heterocycles. The van der Waals surface area contributed by atoms with Crippen LogP contribution < -0.4 is 10.2 Å². The fourth-order valence-corrected chi connectivity index (χ4v) is 7.32. The number of ether oxygens (including phenoxy) is 1. The molecule has 0 aliphatic carbocycles. The third-order valence-corrected chi connectivity index (χ3v) is 10.3. The zero-order chi connectivity index (χ0) is 29.1. The first kappa shape index (κ1) is 27.9. The van der Waals surface area contributed by atoms with Gasteiger partial charge in [-0.1, -0.05) is 31.2 Å². The lowest BCUT2D eigenvalue weighted by atomic mass is 9.97. The highest BCUT2D eigenvalue weighted by atomic mass is 35.5. The second-order valence-electron chi connectivity index (χ2n) is 12.5. The van der Waals surface area contributed by atoms with Crippen LogP contribution >= 0.6 is 11.6 Å². The number of hydrogen-bond acceptors (Lipinski definition) is 6. The average Bonchev–Trinajstić information content (AvgIpc) is 3.54. The third kappa shape index (κ3) is 5.40. The molecule has 5 heterocycles. The summed E-state index contributed by atoms with van der Waals surface area (Å²) in [6.07, 6.45) is 7.81. The summed E-state index contributed by atoms with van der Waals surface area (Å²) in [5, 5.41) is 17.0. The Bertz CT molecular complexity index is 1620. The Morgan fingerprint density at radius 3 is 2.61 bits per heavy atom. The van der Waals surface area contributed by atoms with Crippen molar-refractivity contribution in [1.29, 1.82) is 0 Å². The molecule has 4 aromatic rings. The molecule has 13 heteroatoms. The maximum Gasteiger partial charge on any atom is 0.404 e. The molecule has 3 aromatic heterocycles. The first-order chi connectivity index (χ1) is 19.5. The number of nitrogens with zero attached hydrogens (tertiary/aromatic N) is 6. The van der Waals surface area contributed by atoms with E-state index in [1.165, 1.54) is 6.07 Å². The van der Waals surface area contributed by atoms with E-state index in [2.05, 4.69) is 35.0 Å². The Morgan fingerprint density at radius 2 is 1.93 bits per heavy atom. The molecule has 218 valence electrons. The van der Waals surface area contributed by atoms with Crippen molar-refractivity contribution in [1.82, 2.24) is 29.6 Å². The summed E-state index contributed by atoms with van der Waals surface area (Å²) in [6, 6.07) is 2.76. The van der Waals surface area contributed by atoms with Gasteiger partial charge in [-0.25, -0.2) is 19.2 Å². The van der Waals surface area contributed by atoms with Crippen molar-refractivity contribution in [2.24, 2.45) is 7.05 Å². The van der Waals surface area contributed by atoms with Crippen molar-refractivity contribution >= 4 is 53.7 Å². The molecule has 2 aliphatic rings. The minimum atomic E-state index is -1.27. The van der Waals surface area contributed by atoms with Crippen molar-refractivity contribution in [2.75, 3.05) is 11.5 Å². The average molecular weight is 600 g/mol. The van der Waals surface area contributed by atoms with Gasteiger partial charge in [0.15, 0.2) is 11.5 Å². The van der Waals surface area contributed by atoms with Crippen molar-refractivity contribution in [3.05, 3.63) is 35.5 Å². The minimum Gasteiger partial charge on any atom is -0.465 e. The zero-order valence-electron chi connectivity index (χ0n) is 23.7. The molecular formula is C28H35ClFN7O3Si. The molecule has 10 nitrogen and oxygen atoms in total. The van der Waals surface area contributed by atoms with E-state index in [4.69, 9.17) is 26.3 Å². The van der Waals surface area contributed by atoms with Crippen LogP contribution in [0, 0.1) is 5.82 Å². The summed E-state index contributed by atoms with van der Waals surface area (Å²) < 4.78 is 24.7. The van der Waals surface area contributed by atoms with E-state index in [0.717, 1.165) is 37.5 Å². The number of amides is 1. The van der Waals surface area contributed by atoms with Crippen molar-refractivity contribution in [3.63, 3.8) is 0 Å². The molecule has 0 unspecified atom stereocenters. The number of aryl methyl sites for hydroxylation is 1. The number of piperidine rings is 1. The maximum atomic E-state index is 15.2. The number of halogens is 2. The van der Waals surface area contributed by atoms with Crippen LogP contribution in [0.3, 0.4) is 0 Å². The van der Waals surface area contributed by atoms with E-state index in [1.807, 2.05) is 10.8 Å². The van der Waals surface area contributed by atoms with Crippen molar-refractivity contribution in [3.8, 4) is 11.1 Å². The highest BCUT2D eigenvalue weighted by molar-refractivity contribution is 6.76. The van der Waals surface area contributed by atoms with E-state index >= 15 is 4.39 Å². The van der Waals surface area contributed by atoms with E-state index in [-0.39, 0.29) is 30.4 Å². The largest absolute Gasteiger partial charge is 0.465 e. The zero-order valence-corrected chi connectivity index (χ0v) is 25.5. The van der Waals surface area contributed by atoms with Crippen molar-refractivity contribution in [2.45, 2.75) is 76.2 Å². The highest BCUT2D eigenvalue weighted by Crippen LogP contribution is 2.41. The smallest absolute Gasteiger partial charge is 0.404 e. The Morgan fingerprint density at radius 1 is 1.20 bits per heavy atom. The summed E-state index contributed by atoms with van der Waals surface area (Å²) in [5.41, 5.74) is 2.68. The van der Waals surface area contributed by atoms with Gasteiger partial charge in [-0.2, -0.15) is 5.10 Å². The molecule has 1 aromatic carbocycles. The summed E-state index contributed by atoms with van der Waals surface area (Å²) in [4.78, 5) is 23.5. The normalized spacial score (nSPS) is 20.8. The monoisotopic (exact) mass is 599 g/mol.